The topological polar surface area (TPSA) is 58.6 Å². The van der Waals surface area contributed by atoms with Crippen LogP contribution in [0.5, 0.6) is 0 Å². The smallest absolute Gasteiger partial charge is 0.378 e. The zero-order valence-electron chi connectivity index (χ0n) is 16.2. The van der Waals surface area contributed by atoms with E-state index in [0.29, 0.717) is 32.0 Å². The molecule has 1 heterocycles. The fourth-order valence-corrected chi connectivity index (χ4v) is 4.17. The first-order valence-corrected chi connectivity index (χ1v) is 10.7. The summed E-state index contributed by atoms with van der Waals surface area (Å²) in [5, 5.41) is 0. The molecule has 0 bridgehead atoms. The normalized spacial score (nSPS) is 15.6. The van der Waals surface area contributed by atoms with E-state index in [9.17, 15) is 21.6 Å². The van der Waals surface area contributed by atoms with Crippen molar-refractivity contribution >= 4 is 21.4 Å². The van der Waals surface area contributed by atoms with Crippen LogP contribution >= 0.6 is 0 Å². The van der Waals surface area contributed by atoms with E-state index >= 15 is 0 Å². The Kier molecular flexibility index (Phi) is 6.09. The van der Waals surface area contributed by atoms with Crippen molar-refractivity contribution < 1.29 is 26.3 Å². The molecule has 5 nitrogen and oxygen atoms in total. The summed E-state index contributed by atoms with van der Waals surface area (Å²) >= 11 is 0. The van der Waals surface area contributed by atoms with Gasteiger partial charge >= 0.3 is 6.18 Å². The van der Waals surface area contributed by atoms with E-state index in [-0.39, 0.29) is 16.5 Å². The van der Waals surface area contributed by atoms with E-state index in [2.05, 4.69) is 4.72 Å². The molecule has 1 N–H and O–H groups in total. The number of anilines is 2. The van der Waals surface area contributed by atoms with Crippen molar-refractivity contribution in [2.45, 2.75) is 30.8 Å². The van der Waals surface area contributed by atoms with Gasteiger partial charge in [-0.1, -0.05) is 26.0 Å². The van der Waals surface area contributed by atoms with Crippen LogP contribution in [-0.4, -0.2) is 34.7 Å². The van der Waals surface area contributed by atoms with Gasteiger partial charge in [-0.2, -0.15) is 13.2 Å². The molecule has 0 unspecified atom stereocenters. The number of alkyl halides is 3. The average Bonchev–Trinajstić information content (AvgIpc) is 2.67. The molecule has 0 spiro atoms. The van der Waals surface area contributed by atoms with Crippen LogP contribution in [0.1, 0.15) is 30.9 Å². The lowest BCUT2D eigenvalue weighted by Gasteiger charge is -2.31. The minimum absolute atomic E-state index is 0.00719. The monoisotopic (exact) mass is 428 g/mol. The lowest BCUT2D eigenvalue weighted by atomic mass is 10.0. The quantitative estimate of drug-likeness (QED) is 0.764. The number of sulfonamides is 1. The van der Waals surface area contributed by atoms with Gasteiger partial charge < -0.3 is 9.64 Å². The molecule has 0 atom stereocenters. The zero-order chi connectivity index (χ0) is 21.2. The van der Waals surface area contributed by atoms with Crippen LogP contribution in [-0.2, 0) is 20.9 Å². The average molecular weight is 428 g/mol. The van der Waals surface area contributed by atoms with Gasteiger partial charge in [-0.3, -0.25) is 4.72 Å². The maximum absolute atomic E-state index is 13.2. The number of ether oxygens (including phenoxy) is 1. The number of morpholine rings is 1. The summed E-state index contributed by atoms with van der Waals surface area (Å²) in [5.41, 5.74) is 0.345. The van der Waals surface area contributed by atoms with Crippen LogP contribution < -0.4 is 9.62 Å². The van der Waals surface area contributed by atoms with E-state index < -0.39 is 21.8 Å². The molecule has 2 aromatic rings. The van der Waals surface area contributed by atoms with Gasteiger partial charge in [-0.15, -0.1) is 0 Å². The van der Waals surface area contributed by atoms with Gasteiger partial charge in [0.2, 0.25) is 0 Å². The number of hydrogen-bond acceptors (Lipinski definition) is 4. The summed E-state index contributed by atoms with van der Waals surface area (Å²) in [6.45, 7) is 5.73. The first-order chi connectivity index (χ1) is 13.6. The number of benzene rings is 2. The van der Waals surface area contributed by atoms with Crippen molar-refractivity contribution in [2.24, 2.45) is 0 Å². The molecule has 0 radical (unpaired) electrons. The lowest BCUT2D eigenvalue weighted by molar-refractivity contribution is -0.137. The minimum Gasteiger partial charge on any atom is -0.378 e. The molecular weight excluding hydrogens is 405 g/mol. The van der Waals surface area contributed by atoms with E-state index in [1.165, 1.54) is 18.2 Å². The predicted octanol–water partition coefficient (Wildman–Crippen LogP) is 4.47. The van der Waals surface area contributed by atoms with Crippen LogP contribution in [0.25, 0.3) is 0 Å². The Morgan fingerprint density at radius 1 is 1.03 bits per heavy atom. The Morgan fingerprint density at radius 3 is 2.21 bits per heavy atom. The van der Waals surface area contributed by atoms with Gasteiger partial charge in [0.1, 0.15) is 0 Å². The van der Waals surface area contributed by atoms with Crippen molar-refractivity contribution in [3.05, 3.63) is 53.6 Å². The maximum atomic E-state index is 13.2. The lowest BCUT2D eigenvalue weighted by Crippen LogP contribution is -2.36. The van der Waals surface area contributed by atoms with E-state index in [0.717, 1.165) is 17.7 Å². The summed E-state index contributed by atoms with van der Waals surface area (Å²) in [7, 11) is -4.05. The van der Waals surface area contributed by atoms with Crippen molar-refractivity contribution in [3.8, 4) is 0 Å². The molecule has 0 aromatic heterocycles. The minimum atomic E-state index is -4.58. The molecule has 1 aliphatic rings. The standard InChI is InChI=1S/C20H23F3N2O3S/c1-14(2)15-3-6-17(7-4-15)29(26,27)24-18-13-16(20(21,22)23)5-8-19(18)25-9-11-28-12-10-25/h3-8,13-14,24H,9-12H2,1-2H3. The Balaban J connectivity index is 1.98. The molecular formula is C20H23F3N2O3S. The molecule has 0 aliphatic carbocycles. The van der Waals surface area contributed by atoms with Gasteiger partial charge in [-0.05, 0) is 41.8 Å². The number of nitrogens with zero attached hydrogens (tertiary/aromatic N) is 1. The highest BCUT2D eigenvalue weighted by Crippen LogP contribution is 2.36. The third-order valence-electron chi connectivity index (χ3n) is 4.78. The molecule has 0 saturated carbocycles. The van der Waals surface area contributed by atoms with Gasteiger partial charge in [0.15, 0.2) is 0 Å². The van der Waals surface area contributed by atoms with Crippen LogP contribution in [0.2, 0.25) is 0 Å². The first kappa shape index (κ1) is 21.4. The summed E-state index contributed by atoms with van der Waals surface area (Å²) in [5.74, 6) is 0.233. The molecule has 2 aromatic carbocycles. The Morgan fingerprint density at radius 2 is 1.66 bits per heavy atom. The zero-order valence-corrected chi connectivity index (χ0v) is 17.0. The third-order valence-corrected chi connectivity index (χ3v) is 6.16. The van der Waals surface area contributed by atoms with E-state index in [4.69, 9.17) is 4.74 Å². The fraction of sp³-hybridized carbons (Fsp3) is 0.400. The number of rotatable bonds is 5. The number of nitrogens with one attached hydrogen (secondary N) is 1. The fourth-order valence-electron chi connectivity index (χ4n) is 3.11. The van der Waals surface area contributed by atoms with Crippen molar-refractivity contribution in [1.29, 1.82) is 0 Å². The second kappa shape index (κ2) is 8.23. The second-order valence-corrected chi connectivity index (χ2v) is 8.84. The molecule has 9 heteroatoms. The summed E-state index contributed by atoms with van der Waals surface area (Å²) in [4.78, 5) is 1.80. The SMILES string of the molecule is CC(C)c1ccc(S(=O)(=O)Nc2cc(C(F)(F)F)ccc2N2CCOCC2)cc1. The van der Waals surface area contributed by atoms with Gasteiger partial charge in [0, 0.05) is 13.1 Å². The first-order valence-electron chi connectivity index (χ1n) is 9.24. The summed E-state index contributed by atoms with van der Waals surface area (Å²) in [6, 6.07) is 9.42. The summed E-state index contributed by atoms with van der Waals surface area (Å²) in [6.07, 6.45) is -4.58. The third kappa shape index (κ3) is 5.02. The molecule has 29 heavy (non-hydrogen) atoms. The molecule has 1 fully saturated rings. The van der Waals surface area contributed by atoms with Crippen molar-refractivity contribution in [2.75, 3.05) is 35.9 Å². The van der Waals surface area contributed by atoms with Crippen molar-refractivity contribution in [1.82, 2.24) is 0 Å². The van der Waals surface area contributed by atoms with Crippen LogP contribution in [0, 0.1) is 0 Å². The Hall–Kier alpha value is -2.26. The van der Waals surface area contributed by atoms with Crippen LogP contribution in [0.3, 0.4) is 0 Å². The number of halogens is 3. The van der Waals surface area contributed by atoms with E-state index in [1.54, 1.807) is 12.1 Å². The second-order valence-electron chi connectivity index (χ2n) is 7.16. The largest absolute Gasteiger partial charge is 0.416 e. The number of hydrogen-bond donors (Lipinski definition) is 1. The van der Waals surface area contributed by atoms with Crippen LogP contribution in [0.15, 0.2) is 47.4 Å². The highest BCUT2D eigenvalue weighted by atomic mass is 32.2. The maximum Gasteiger partial charge on any atom is 0.416 e. The molecule has 1 saturated heterocycles. The highest BCUT2D eigenvalue weighted by Gasteiger charge is 2.32. The van der Waals surface area contributed by atoms with Gasteiger partial charge in [-0.25, -0.2) is 8.42 Å². The van der Waals surface area contributed by atoms with Gasteiger partial charge in [0.25, 0.3) is 10.0 Å². The molecule has 1 aliphatic heterocycles. The van der Waals surface area contributed by atoms with Crippen molar-refractivity contribution in [3.63, 3.8) is 0 Å². The summed E-state index contributed by atoms with van der Waals surface area (Å²) < 4.78 is 72.9. The van der Waals surface area contributed by atoms with Crippen LogP contribution in [0.4, 0.5) is 24.5 Å². The van der Waals surface area contributed by atoms with E-state index in [1.807, 2.05) is 18.7 Å². The Labute approximate surface area is 168 Å². The molecule has 158 valence electrons. The molecule has 3 rings (SSSR count). The Bertz CT molecular complexity index is 952. The highest BCUT2D eigenvalue weighted by molar-refractivity contribution is 7.92. The molecule has 0 amide bonds. The predicted molar refractivity (Wildman–Crippen MR) is 106 cm³/mol. The van der Waals surface area contributed by atoms with Gasteiger partial charge in [0.05, 0.1) is 35.0 Å².